The van der Waals surface area contributed by atoms with Gasteiger partial charge in [0.15, 0.2) is 0 Å². The van der Waals surface area contributed by atoms with E-state index in [1.54, 1.807) is 7.11 Å². The molecule has 0 aliphatic rings. The van der Waals surface area contributed by atoms with Crippen LogP contribution in [-0.2, 0) is 0 Å². The summed E-state index contributed by atoms with van der Waals surface area (Å²) in [6, 6.07) is 17.0. The van der Waals surface area contributed by atoms with Crippen LogP contribution in [0.4, 0.5) is 23.1 Å². The van der Waals surface area contributed by atoms with Gasteiger partial charge in [-0.1, -0.05) is 23.7 Å². The first-order chi connectivity index (χ1) is 11.6. The van der Waals surface area contributed by atoms with Crippen molar-refractivity contribution in [3.63, 3.8) is 0 Å². The number of halogens is 1. The van der Waals surface area contributed by atoms with Gasteiger partial charge < -0.3 is 15.4 Å². The van der Waals surface area contributed by atoms with E-state index in [0.717, 1.165) is 22.8 Å². The second-order valence-electron chi connectivity index (χ2n) is 5.21. The van der Waals surface area contributed by atoms with E-state index in [9.17, 15) is 0 Å². The molecular formula is C18H17ClN4O. The molecule has 5 nitrogen and oxygen atoms in total. The van der Waals surface area contributed by atoms with Crippen LogP contribution in [0.5, 0.6) is 5.75 Å². The maximum absolute atomic E-state index is 6.01. The van der Waals surface area contributed by atoms with Crippen LogP contribution in [0, 0.1) is 6.92 Å². The molecule has 0 aliphatic carbocycles. The van der Waals surface area contributed by atoms with Gasteiger partial charge >= 0.3 is 0 Å². The average Bonchev–Trinajstić information content (AvgIpc) is 2.54. The van der Waals surface area contributed by atoms with Gasteiger partial charge in [0.2, 0.25) is 5.95 Å². The fourth-order valence-electron chi connectivity index (χ4n) is 2.23. The summed E-state index contributed by atoms with van der Waals surface area (Å²) < 4.78 is 5.22. The lowest BCUT2D eigenvalue weighted by Crippen LogP contribution is -2.02. The Balaban J connectivity index is 1.83. The third-order valence-electron chi connectivity index (χ3n) is 3.28. The number of ether oxygens (including phenoxy) is 1. The highest BCUT2D eigenvalue weighted by molar-refractivity contribution is 6.30. The van der Waals surface area contributed by atoms with Gasteiger partial charge in [-0.3, -0.25) is 0 Å². The van der Waals surface area contributed by atoms with E-state index in [1.807, 2.05) is 61.5 Å². The van der Waals surface area contributed by atoms with Crippen LogP contribution < -0.4 is 15.4 Å². The average molecular weight is 341 g/mol. The molecular weight excluding hydrogens is 324 g/mol. The second-order valence-corrected chi connectivity index (χ2v) is 5.65. The fourth-order valence-corrected chi connectivity index (χ4v) is 2.42. The lowest BCUT2D eigenvalue weighted by atomic mass is 10.3. The molecule has 3 rings (SSSR count). The smallest absolute Gasteiger partial charge is 0.229 e. The van der Waals surface area contributed by atoms with Crippen molar-refractivity contribution in [2.24, 2.45) is 0 Å². The molecule has 0 spiro atoms. The molecule has 0 radical (unpaired) electrons. The largest absolute Gasteiger partial charge is 0.497 e. The number of hydrogen-bond donors (Lipinski definition) is 2. The first-order valence-electron chi connectivity index (χ1n) is 7.42. The molecule has 0 fully saturated rings. The molecule has 0 aliphatic heterocycles. The van der Waals surface area contributed by atoms with Crippen molar-refractivity contribution in [2.75, 3.05) is 17.7 Å². The summed E-state index contributed by atoms with van der Waals surface area (Å²) in [5.74, 6) is 1.97. The Morgan fingerprint density at radius 3 is 2.42 bits per heavy atom. The standard InChI is InChI=1S/C18H17ClN4O/c1-12-9-17(21-14-6-3-5-13(19)10-14)23-18(20-12)22-15-7-4-8-16(11-15)24-2/h3-11H,1-2H3,(H2,20,21,22,23). The number of rotatable bonds is 5. The van der Waals surface area contributed by atoms with Crippen molar-refractivity contribution in [1.29, 1.82) is 0 Å². The first-order valence-corrected chi connectivity index (χ1v) is 7.79. The second kappa shape index (κ2) is 7.19. The minimum atomic E-state index is 0.507. The Morgan fingerprint density at radius 2 is 1.67 bits per heavy atom. The molecule has 24 heavy (non-hydrogen) atoms. The van der Waals surface area contributed by atoms with E-state index in [4.69, 9.17) is 16.3 Å². The quantitative estimate of drug-likeness (QED) is 0.689. The van der Waals surface area contributed by atoms with Crippen LogP contribution in [0.15, 0.2) is 54.6 Å². The summed E-state index contributed by atoms with van der Waals surface area (Å²) in [7, 11) is 1.63. The third kappa shape index (κ3) is 4.14. The van der Waals surface area contributed by atoms with Gasteiger partial charge in [0.05, 0.1) is 7.11 Å². The molecule has 0 amide bonds. The lowest BCUT2D eigenvalue weighted by Gasteiger charge is -2.11. The van der Waals surface area contributed by atoms with Gasteiger partial charge in [-0.15, -0.1) is 0 Å². The van der Waals surface area contributed by atoms with Crippen LogP contribution in [0.1, 0.15) is 5.69 Å². The summed E-state index contributed by atoms with van der Waals surface area (Å²) in [5, 5.41) is 7.09. The van der Waals surface area contributed by atoms with Crippen molar-refractivity contribution >= 4 is 34.7 Å². The van der Waals surface area contributed by atoms with Crippen LogP contribution in [-0.4, -0.2) is 17.1 Å². The molecule has 0 bridgehead atoms. The number of aryl methyl sites for hydroxylation is 1. The van der Waals surface area contributed by atoms with Crippen LogP contribution in [0.25, 0.3) is 0 Å². The predicted molar refractivity (Wildman–Crippen MR) is 97.8 cm³/mol. The molecule has 6 heteroatoms. The molecule has 3 aromatic rings. The van der Waals surface area contributed by atoms with E-state index < -0.39 is 0 Å². The van der Waals surface area contributed by atoms with Crippen molar-refractivity contribution in [2.45, 2.75) is 6.92 Å². The van der Waals surface area contributed by atoms with Crippen LogP contribution in [0.2, 0.25) is 5.02 Å². The van der Waals surface area contributed by atoms with E-state index in [-0.39, 0.29) is 0 Å². The zero-order valence-electron chi connectivity index (χ0n) is 13.4. The number of methoxy groups -OCH3 is 1. The molecule has 1 heterocycles. The lowest BCUT2D eigenvalue weighted by molar-refractivity contribution is 0.415. The molecule has 122 valence electrons. The summed E-state index contributed by atoms with van der Waals surface area (Å²) in [5.41, 5.74) is 2.57. The number of anilines is 4. The zero-order chi connectivity index (χ0) is 16.9. The van der Waals surface area contributed by atoms with Gasteiger partial charge in [-0.05, 0) is 37.3 Å². The SMILES string of the molecule is COc1cccc(Nc2nc(C)cc(Nc3cccc(Cl)c3)n2)c1. The summed E-state index contributed by atoms with van der Waals surface area (Å²) in [6.07, 6.45) is 0. The molecule has 2 N–H and O–H groups in total. The minimum absolute atomic E-state index is 0.507. The monoisotopic (exact) mass is 340 g/mol. The van der Waals surface area contributed by atoms with Crippen molar-refractivity contribution in [1.82, 2.24) is 9.97 Å². The zero-order valence-corrected chi connectivity index (χ0v) is 14.1. The predicted octanol–water partition coefficient (Wildman–Crippen LogP) is 4.93. The van der Waals surface area contributed by atoms with Crippen LogP contribution in [0.3, 0.4) is 0 Å². The highest BCUT2D eigenvalue weighted by Crippen LogP contribution is 2.23. The normalized spacial score (nSPS) is 10.3. The Morgan fingerprint density at radius 1 is 0.917 bits per heavy atom. The Hall–Kier alpha value is -2.79. The Kier molecular flexibility index (Phi) is 4.82. The van der Waals surface area contributed by atoms with Gasteiger partial charge in [-0.25, -0.2) is 4.98 Å². The van der Waals surface area contributed by atoms with Crippen molar-refractivity contribution < 1.29 is 4.74 Å². The van der Waals surface area contributed by atoms with Crippen molar-refractivity contribution in [3.05, 3.63) is 65.3 Å². The molecule has 1 aromatic heterocycles. The Labute approximate surface area is 145 Å². The number of nitrogens with zero attached hydrogens (tertiary/aromatic N) is 2. The fraction of sp³-hybridized carbons (Fsp3) is 0.111. The summed E-state index contributed by atoms with van der Waals surface area (Å²) in [6.45, 7) is 1.92. The summed E-state index contributed by atoms with van der Waals surface area (Å²) >= 11 is 6.01. The summed E-state index contributed by atoms with van der Waals surface area (Å²) in [4.78, 5) is 8.91. The highest BCUT2D eigenvalue weighted by atomic mass is 35.5. The van der Waals surface area contributed by atoms with Gasteiger partial charge in [0.1, 0.15) is 11.6 Å². The molecule has 0 saturated carbocycles. The molecule has 0 saturated heterocycles. The molecule has 2 aromatic carbocycles. The van der Waals surface area contributed by atoms with Gasteiger partial charge in [0.25, 0.3) is 0 Å². The molecule has 0 unspecified atom stereocenters. The number of hydrogen-bond acceptors (Lipinski definition) is 5. The first kappa shape index (κ1) is 16.1. The van der Waals surface area contributed by atoms with Crippen LogP contribution >= 0.6 is 11.6 Å². The van der Waals surface area contributed by atoms with E-state index >= 15 is 0 Å². The van der Waals surface area contributed by atoms with Gasteiger partial charge in [0, 0.05) is 34.2 Å². The van der Waals surface area contributed by atoms with E-state index in [0.29, 0.717) is 16.8 Å². The Bertz CT molecular complexity index is 854. The van der Waals surface area contributed by atoms with E-state index in [1.165, 1.54) is 0 Å². The van der Waals surface area contributed by atoms with Gasteiger partial charge in [-0.2, -0.15) is 4.98 Å². The van der Waals surface area contributed by atoms with E-state index in [2.05, 4.69) is 20.6 Å². The molecule has 0 atom stereocenters. The highest BCUT2D eigenvalue weighted by Gasteiger charge is 2.05. The van der Waals surface area contributed by atoms with Crippen molar-refractivity contribution in [3.8, 4) is 5.75 Å². The maximum Gasteiger partial charge on any atom is 0.229 e. The maximum atomic E-state index is 6.01. The minimum Gasteiger partial charge on any atom is -0.497 e. The third-order valence-corrected chi connectivity index (χ3v) is 3.51. The number of benzene rings is 2. The topological polar surface area (TPSA) is 59.1 Å². The number of aromatic nitrogens is 2. The number of nitrogens with one attached hydrogen (secondary N) is 2.